The second-order valence-electron chi connectivity index (χ2n) is 5.31. The summed E-state index contributed by atoms with van der Waals surface area (Å²) in [4.78, 5) is 25.7. The first-order valence-electron chi connectivity index (χ1n) is 7.55. The van der Waals surface area contributed by atoms with E-state index in [-0.39, 0.29) is 24.9 Å². The average Bonchev–Trinajstić information content (AvgIpc) is 2.53. The number of nitrogens with zero attached hydrogens (tertiary/aromatic N) is 1. The Morgan fingerprint density at radius 1 is 1.00 bits per heavy atom. The molecule has 0 atom stereocenters. The molecule has 2 amide bonds. The van der Waals surface area contributed by atoms with Crippen LogP contribution in [-0.2, 0) is 9.59 Å². The molecule has 0 radical (unpaired) electrons. The van der Waals surface area contributed by atoms with E-state index in [2.05, 4.69) is 23.8 Å². The number of amides is 2. The number of nitrogens with one attached hydrogen (secondary N) is 2. The summed E-state index contributed by atoms with van der Waals surface area (Å²) in [6, 6.07) is 5.89. The van der Waals surface area contributed by atoms with E-state index in [9.17, 15) is 9.59 Å². The van der Waals surface area contributed by atoms with Crippen LogP contribution in [0.25, 0.3) is 0 Å². The number of benzene rings is 1. The van der Waals surface area contributed by atoms with Crippen molar-refractivity contribution in [2.75, 3.05) is 31.1 Å². The highest BCUT2D eigenvalue weighted by Crippen LogP contribution is 2.18. The van der Waals surface area contributed by atoms with E-state index in [0.29, 0.717) is 13.1 Å². The first-order valence-corrected chi connectivity index (χ1v) is 7.55. The molecule has 1 aromatic carbocycles. The van der Waals surface area contributed by atoms with Crippen molar-refractivity contribution < 1.29 is 9.59 Å². The molecule has 0 unspecified atom stereocenters. The third kappa shape index (κ3) is 6.38. The Labute approximate surface area is 138 Å². The number of rotatable bonds is 9. The quantitative estimate of drug-likeness (QED) is 0.682. The molecule has 0 saturated carbocycles. The first-order chi connectivity index (χ1) is 11.0. The molecule has 0 spiro atoms. The van der Waals surface area contributed by atoms with Gasteiger partial charge in [-0.2, -0.15) is 0 Å². The van der Waals surface area contributed by atoms with Gasteiger partial charge in [0, 0.05) is 18.8 Å². The van der Waals surface area contributed by atoms with Gasteiger partial charge in [-0.25, -0.2) is 0 Å². The Morgan fingerprint density at radius 2 is 1.52 bits per heavy atom. The molecule has 0 aliphatic heterocycles. The lowest BCUT2D eigenvalue weighted by atomic mass is 10.1. The number of aryl methyl sites for hydroxylation is 2. The maximum absolute atomic E-state index is 12.0. The van der Waals surface area contributed by atoms with E-state index in [1.165, 1.54) is 5.56 Å². The van der Waals surface area contributed by atoms with Crippen molar-refractivity contribution in [1.82, 2.24) is 10.6 Å². The van der Waals surface area contributed by atoms with Gasteiger partial charge >= 0.3 is 0 Å². The van der Waals surface area contributed by atoms with Crippen LogP contribution in [0.4, 0.5) is 5.69 Å². The van der Waals surface area contributed by atoms with Crippen molar-refractivity contribution in [3.63, 3.8) is 0 Å². The number of carbonyl (C=O) groups excluding carboxylic acids is 2. The molecule has 23 heavy (non-hydrogen) atoms. The van der Waals surface area contributed by atoms with E-state index in [1.54, 1.807) is 17.1 Å². The topological polar surface area (TPSA) is 61.4 Å². The molecule has 0 aromatic heterocycles. The standard InChI is InChI=1S/C18H25N3O2/c1-5-9-19-17(22)12-21(13-18(23)20-10-6-2)16-8-7-14(3)15(4)11-16/h5-8,11H,1-2,9-10,12-13H2,3-4H3,(H,19,22)(H,20,23). The van der Waals surface area contributed by atoms with Crippen molar-refractivity contribution in [3.05, 3.63) is 54.6 Å². The summed E-state index contributed by atoms with van der Waals surface area (Å²) in [5, 5.41) is 5.46. The van der Waals surface area contributed by atoms with Gasteiger partial charge in [-0.3, -0.25) is 9.59 Å². The van der Waals surface area contributed by atoms with Crippen LogP contribution < -0.4 is 15.5 Å². The molecule has 5 heteroatoms. The first kappa shape index (κ1) is 18.5. The average molecular weight is 315 g/mol. The maximum Gasteiger partial charge on any atom is 0.239 e. The van der Waals surface area contributed by atoms with Gasteiger partial charge in [0.2, 0.25) is 11.8 Å². The lowest BCUT2D eigenvalue weighted by molar-refractivity contribution is -0.120. The molecule has 0 saturated heterocycles. The van der Waals surface area contributed by atoms with Crippen LogP contribution in [0.1, 0.15) is 11.1 Å². The van der Waals surface area contributed by atoms with E-state index in [4.69, 9.17) is 0 Å². The summed E-state index contributed by atoms with van der Waals surface area (Å²) in [5.74, 6) is -0.306. The van der Waals surface area contributed by atoms with Crippen molar-refractivity contribution in [1.29, 1.82) is 0 Å². The second kappa shape index (κ2) is 9.46. The van der Waals surface area contributed by atoms with Gasteiger partial charge in [0.25, 0.3) is 0 Å². The Morgan fingerprint density at radius 3 is 1.96 bits per heavy atom. The Kier molecular flexibility index (Phi) is 7.60. The molecule has 124 valence electrons. The summed E-state index contributed by atoms with van der Waals surface area (Å²) < 4.78 is 0. The molecule has 0 aliphatic carbocycles. The number of anilines is 1. The van der Waals surface area contributed by atoms with Gasteiger partial charge in [0.05, 0.1) is 13.1 Å². The van der Waals surface area contributed by atoms with Crippen LogP contribution in [0.2, 0.25) is 0 Å². The monoisotopic (exact) mass is 315 g/mol. The predicted molar refractivity (Wildman–Crippen MR) is 94.5 cm³/mol. The van der Waals surface area contributed by atoms with Gasteiger partial charge < -0.3 is 15.5 Å². The summed E-state index contributed by atoms with van der Waals surface area (Å²) in [6.07, 6.45) is 3.24. The summed E-state index contributed by atoms with van der Waals surface area (Å²) in [5.41, 5.74) is 3.13. The minimum Gasteiger partial charge on any atom is -0.353 e. The molecule has 0 aliphatic rings. The molecular formula is C18H25N3O2. The normalized spacial score (nSPS) is 9.83. The van der Waals surface area contributed by atoms with Crippen molar-refractivity contribution in [2.24, 2.45) is 0 Å². The van der Waals surface area contributed by atoms with Crippen LogP contribution in [0.3, 0.4) is 0 Å². The summed E-state index contributed by atoms with van der Waals surface area (Å²) in [7, 11) is 0. The molecule has 1 rings (SSSR count). The molecule has 2 N–H and O–H groups in total. The summed E-state index contributed by atoms with van der Waals surface area (Å²) in [6.45, 7) is 12.2. The van der Waals surface area contributed by atoms with Crippen LogP contribution >= 0.6 is 0 Å². The van der Waals surface area contributed by atoms with E-state index in [0.717, 1.165) is 11.3 Å². The van der Waals surface area contributed by atoms with Crippen LogP contribution in [0.5, 0.6) is 0 Å². The maximum atomic E-state index is 12.0. The number of hydrogen-bond acceptors (Lipinski definition) is 3. The Bertz CT molecular complexity index is 556. The minimum absolute atomic E-state index is 0.109. The Hall–Kier alpha value is -2.56. The highest BCUT2D eigenvalue weighted by molar-refractivity contribution is 5.86. The van der Waals surface area contributed by atoms with Crippen LogP contribution in [0, 0.1) is 13.8 Å². The Balaban J connectivity index is 2.88. The zero-order chi connectivity index (χ0) is 17.2. The van der Waals surface area contributed by atoms with Crippen molar-refractivity contribution >= 4 is 17.5 Å². The zero-order valence-corrected chi connectivity index (χ0v) is 13.9. The van der Waals surface area contributed by atoms with Crippen LogP contribution in [-0.4, -0.2) is 38.0 Å². The molecule has 0 heterocycles. The lowest BCUT2D eigenvalue weighted by Crippen LogP contribution is -2.43. The lowest BCUT2D eigenvalue weighted by Gasteiger charge is -2.24. The summed E-state index contributed by atoms with van der Waals surface area (Å²) >= 11 is 0. The number of carbonyl (C=O) groups is 2. The van der Waals surface area contributed by atoms with Gasteiger partial charge in [0.15, 0.2) is 0 Å². The zero-order valence-electron chi connectivity index (χ0n) is 13.9. The SMILES string of the molecule is C=CCNC(=O)CN(CC(=O)NCC=C)c1ccc(C)c(C)c1. The minimum atomic E-state index is -0.153. The molecule has 0 bridgehead atoms. The van der Waals surface area contributed by atoms with E-state index in [1.807, 2.05) is 32.0 Å². The third-order valence-corrected chi connectivity index (χ3v) is 3.41. The van der Waals surface area contributed by atoms with Gasteiger partial charge in [0.1, 0.15) is 0 Å². The van der Waals surface area contributed by atoms with Crippen LogP contribution in [0.15, 0.2) is 43.5 Å². The highest BCUT2D eigenvalue weighted by Gasteiger charge is 2.15. The molecule has 0 fully saturated rings. The smallest absolute Gasteiger partial charge is 0.239 e. The fourth-order valence-corrected chi connectivity index (χ4v) is 1.99. The van der Waals surface area contributed by atoms with Gasteiger partial charge in [-0.05, 0) is 37.1 Å². The molecular weight excluding hydrogens is 290 g/mol. The fraction of sp³-hybridized carbons (Fsp3) is 0.333. The van der Waals surface area contributed by atoms with Crippen molar-refractivity contribution in [3.8, 4) is 0 Å². The fourth-order valence-electron chi connectivity index (χ4n) is 1.99. The number of hydrogen-bond donors (Lipinski definition) is 2. The molecule has 1 aromatic rings. The van der Waals surface area contributed by atoms with Crippen molar-refractivity contribution in [2.45, 2.75) is 13.8 Å². The van der Waals surface area contributed by atoms with Gasteiger partial charge in [-0.1, -0.05) is 18.2 Å². The second-order valence-corrected chi connectivity index (χ2v) is 5.31. The van der Waals surface area contributed by atoms with E-state index >= 15 is 0 Å². The molecule has 5 nitrogen and oxygen atoms in total. The highest BCUT2D eigenvalue weighted by atomic mass is 16.2. The van der Waals surface area contributed by atoms with Gasteiger partial charge in [-0.15, -0.1) is 13.2 Å². The largest absolute Gasteiger partial charge is 0.353 e. The van der Waals surface area contributed by atoms with E-state index < -0.39 is 0 Å². The third-order valence-electron chi connectivity index (χ3n) is 3.41. The predicted octanol–water partition coefficient (Wildman–Crippen LogP) is 1.71.